The van der Waals surface area contributed by atoms with Gasteiger partial charge in [-0.15, -0.1) is 10.2 Å². The van der Waals surface area contributed by atoms with Gasteiger partial charge in [0.05, 0.1) is 21.3 Å². The third-order valence-electron chi connectivity index (χ3n) is 4.22. The number of ether oxygens (including phenoxy) is 3. The zero-order chi connectivity index (χ0) is 20.4. The first-order chi connectivity index (χ1) is 14.1. The van der Waals surface area contributed by atoms with E-state index in [1.165, 1.54) is 11.3 Å². The van der Waals surface area contributed by atoms with E-state index in [1.807, 2.05) is 48.6 Å². The highest BCUT2D eigenvalue weighted by Gasteiger charge is 2.18. The maximum Gasteiger partial charge on any atom is 0.235 e. The Balaban J connectivity index is 1.72. The Labute approximate surface area is 176 Å². The van der Waals surface area contributed by atoms with Crippen LogP contribution >= 0.6 is 22.9 Å². The molecule has 0 amide bonds. The van der Waals surface area contributed by atoms with Crippen LogP contribution in [0.4, 0.5) is 0 Å². The molecule has 7 nitrogen and oxygen atoms in total. The second-order valence-corrected chi connectivity index (χ2v) is 7.38. The fourth-order valence-corrected chi connectivity index (χ4v) is 3.70. The van der Waals surface area contributed by atoms with Crippen LogP contribution in [0.2, 0.25) is 5.02 Å². The summed E-state index contributed by atoms with van der Waals surface area (Å²) in [6, 6.07) is 11.2. The predicted molar refractivity (Wildman–Crippen MR) is 114 cm³/mol. The Hall–Kier alpha value is -3.10. The smallest absolute Gasteiger partial charge is 0.235 e. The van der Waals surface area contributed by atoms with Crippen LogP contribution in [0.25, 0.3) is 28.5 Å². The lowest BCUT2D eigenvalue weighted by molar-refractivity contribution is 0.324. The molecule has 0 N–H and O–H groups in total. The average molecular weight is 429 g/mol. The SMILES string of the molecule is COc1cc(-c2nnc3sc(/C=C\c4ccc(Cl)cc4)nn23)cc(OC)c1OC. The summed E-state index contributed by atoms with van der Waals surface area (Å²) < 4.78 is 17.9. The Morgan fingerprint density at radius 1 is 0.931 bits per heavy atom. The van der Waals surface area contributed by atoms with E-state index in [0.29, 0.717) is 33.1 Å². The molecule has 0 radical (unpaired) electrons. The number of nitrogens with zero attached hydrogens (tertiary/aromatic N) is 4. The molecule has 0 unspecified atom stereocenters. The van der Waals surface area contributed by atoms with Gasteiger partial charge in [0.1, 0.15) is 5.01 Å². The van der Waals surface area contributed by atoms with Crippen molar-refractivity contribution in [2.75, 3.05) is 21.3 Å². The Morgan fingerprint density at radius 2 is 1.62 bits per heavy atom. The minimum absolute atomic E-state index is 0.518. The topological polar surface area (TPSA) is 70.8 Å². The molecule has 9 heteroatoms. The zero-order valence-electron chi connectivity index (χ0n) is 15.9. The number of benzene rings is 2. The van der Waals surface area contributed by atoms with Crippen LogP contribution in [-0.4, -0.2) is 41.1 Å². The lowest BCUT2D eigenvalue weighted by Gasteiger charge is -2.13. The molecule has 0 aliphatic rings. The van der Waals surface area contributed by atoms with Crippen LogP contribution in [0.1, 0.15) is 10.6 Å². The number of aromatic nitrogens is 4. The highest BCUT2D eigenvalue weighted by atomic mass is 35.5. The van der Waals surface area contributed by atoms with Crippen LogP contribution in [0.3, 0.4) is 0 Å². The molecule has 0 aliphatic heterocycles. The van der Waals surface area contributed by atoms with Crippen molar-refractivity contribution in [2.24, 2.45) is 0 Å². The second-order valence-electron chi connectivity index (χ2n) is 5.96. The predicted octanol–water partition coefficient (Wildman–Crippen LogP) is 4.70. The van der Waals surface area contributed by atoms with E-state index in [9.17, 15) is 0 Å². The van der Waals surface area contributed by atoms with Crippen LogP contribution in [0, 0.1) is 0 Å². The average Bonchev–Trinajstić information content (AvgIpc) is 3.32. The fourth-order valence-electron chi connectivity index (χ4n) is 2.83. The first-order valence-corrected chi connectivity index (χ1v) is 9.78. The molecule has 0 bridgehead atoms. The van der Waals surface area contributed by atoms with E-state index in [1.54, 1.807) is 25.8 Å². The van der Waals surface area contributed by atoms with Gasteiger partial charge < -0.3 is 14.2 Å². The van der Waals surface area contributed by atoms with Gasteiger partial charge in [-0.2, -0.15) is 9.61 Å². The summed E-state index contributed by atoms with van der Waals surface area (Å²) in [4.78, 5) is 0.685. The fraction of sp³-hybridized carbons (Fsp3) is 0.150. The van der Waals surface area contributed by atoms with Crippen LogP contribution in [0.5, 0.6) is 17.2 Å². The lowest BCUT2D eigenvalue weighted by Crippen LogP contribution is -1.97. The molecule has 0 spiro atoms. The van der Waals surface area contributed by atoms with Crippen molar-refractivity contribution in [3.05, 3.63) is 52.0 Å². The van der Waals surface area contributed by atoms with Gasteiger partial charge in [-0.3, -0.25) is 0 Å². The monoisotopic (exact) mass is 428 g/mol. The lowest BCUT2D eigenvalue weighted by atomic mass is 10.1. The molecule has 29 heavy (non-hydrogen) atoms. The van der Waals surface area contributed by atoms with E-state index in [2.05, 4.69) is 15.3 Å². The van der Waals surface area contributed by atoms with E-state index >= 15 is 0 Å². The minimum atomic E-state index is 0.518. The molecule has 2 heterocycles. The molecule has 2 aromatic carbocycles. The normalized spacial score (nSPS) is 11.3. The molecule has 4 aromatic rings. The quantitative estimate of drug-likeness (QED) is 0.443. The van der Waals surface area contributed by atoms with Gasteiger partial charge in [-0.05, 0) is 35.9 Å². The molecule has 0 fully saturated rings. The van der Waals surface area contributed by atoms with Gasteiger partial charge >= 0.3 is 0 Å². The first kappa shape index (κ1) is 19.2. The maximum atomic E-state index is 5.93. The third-order valence-corrected chi connectivity index (χ3v) is 5.33. The zero-order valence-corrected chi connectivity index (χ0v) is 17.5. The summed E-state index contributed by atoms with van der Waals surface area (Å²) in [7, 11) is 4.71. The number of hydrogen-bond donors (Lipinski definition) is 0. The molecular formula is C20H17ClN4O3S. The van der Waals surface area contributed by atoms with E-state index < -0.39 is 0 Å². The highest BCUT2D eigenvalue weighted by molar-refractivity contribution is 7.17. The minimum Gasteiger partial charge on any atom is -0.493 e. The highest BCUT2D eigenvalue weighted by Crippen LogP contribution is 2.41. The molecule has 0 saturated carbocycles. The summed E-state index contributed by atoms with van der Waals surface area (Å²) in [5, 5.41) is 14.6. The van der Waals surface area contributed by atoms with Gasteiger partial charge in [0, 0.05) is 10.6 Å². The summed E-state index contributed by atoms with van der Waals surface area (Å²) in [5.74, 6) is 2.18. The van der Waals surface area contributed by atoms with Gasteiger partial charge in [-0.1, -0.05) is 41.1 Å². The number of halogens is 1. The number of fused-ring (bicyclic) bond motifs is 1. The molecule has 0 aliphatic carbocycles. The molecule has 0 atom stereocenters. The molecule has 148 valence electrons. The summed E-state index contributed by atoms with van der Waals surface area (Å²) >= 11 is 7.37. The van der Waals surface area contributed by atoms with E-state index in [0.717, 1.165) is 16.1 Å². The number of methoxy groups -OCH3 is 3. The van der Waals surface area contributed by atoms with Gasteiger partial charge in [0.15, 0.2) is 17.3 Å². The first-order valence-electron chi connectivity index (χ1n) is 8.59. The summed E-state index contributed by atoms with van der Waals surface area (Å²) in [6.07, 6.45) is 3.91. The molecule has 4 rings (SSSR count). The van der Waals surface area contributed by atoms with Gasteiger partial charge in [0.2, 0.25) is 10.7 Å². The number of rotatable bonds is 6. The molecule has 2 aromatic heterocycles. The Kier molecular flexibility index (Phi) is 5.37. The Morgan fingerprint density at radius 3 is 2.24 bits per heavy atom. The Bertz CT molecular complexity index is 1160. The van der Waals surface area contributed by atoms with Crippen LogP contribution in [0.15, 0.2) is 36.4 Å². The van der Waals surface area contributed by atoms with Crippen molar-refractivity contribution in [3.63, 3.8) is 0 Å². The van der Waals surface area contributed by atoms with Crippen molar-refractivity contribution in [1.29, 1.82) is 0 Å². The summed E-state index contributed by atoms with van der Waals surface area (Å²) in [5.41, 5.74) is 1.79. The second kappa shape index (κ2) is 8.10. The van der Waals surface area contributed by atoms with Crippen LogP contribution in [-0.2, 0) is 0 Å². The van der Waals surface area contributed by atoms with Crippen molar-refractivity contribution < 1.29 is 14.2 Å². The van der Waals surface area contributed by atoms with Crippen molar-refractivity contribution in [3.8, 4) is 28.6 Å². The van der Waals surface area contributed by atoms with E-state index in [4.69, 9.17) is 25.8 Å². The maximum absolute atomic E-state index is 5.93. The standard InChI is InChI=1S/C20H17ClN4O3S/c1-26-15-10-13(11-16(27-2)18(15)28-3)19-22-23-20-25(19)24-17(29-20)9-6-12-4-7-14(21)8-5-12/h4-11H,1-3H3/b9-6-. The number of hydrogen-bond acceptors (Lipinski definition) is 7. The van der Waals surface area contributed by atoms with E-state index in [-0.39, 0.29) is 0 Å². The van der Waals surface area contributed by atoms with Gasteiger partial charge in [-0.25, -0.2) is 0 Å². The molecular weight excluding hydrogens is 412 g/mol. The van der Waals surface area contributed by atoms with Gasteiger partial charge in [0.25, 0.3) is 0 Å². The van der Waals surface area contributed by atoms with Crippen molar-refractivity contribution in [2.45, 2.75) is 0 Å². The van der Waals surface area contributed by atoms with Crippen molar-refractivity contribution >= 4 is 40.1 Å². The molecule has 0 saturated heterocycles. The largest absolute Gasteiger partial charge is 0.493 e. The third kappa shape index (κ3) is 3.76. The van der Waals surface area contributed by atoms with Crippen LogP contribution < -0.4 is 14.2 Å². The summed E-state index contributed by atoms with van der Waals surface area (Å²) in [6.45, 7) is 0. The van der Waals surface area contributed by atoms with Crippen molar-refractivity contribution in [1.82, 2.24) is 19.8 Å².